The van der Waals surface area contributed by atoms with Gasteiger partial charge in [-0.05, 0) is 18.8 Å². The van der Waals surface area contributed by atoms with Crippen LogP contribution in [0, 0.1) is 5.92 Å². The van der Waals surface area contributed by atoms with Crippen molar-refractivity contribution in [3.05, 3.63) is 33.1 Å². The van der Waals surface area contributed by atoms with Crippen molar-refractivity contribution in [3.63, 3.8) is 0 Å². The molecule has 0 aromatic carbocycles. The standard InChI is InChI=1S/C12H16F2N2O3/c1-3-12(10(13)14)7(2)6-9(19-12)16-5-4-8(17)15-11(16)18/h4-5,7,9-10H,3,6H2,1-2H3,(H,15,17,18)/t7-,9+,12+/m0/s1. The molecule has 1 fully saturated rings. The summed E-state index contributed by atoms with van der Waals surface area (Å²) < 4.78 is 33.1. The highest BCUT2D eigenvalue weighted by Gasteiger charge is 2.52. The number of hydrogen-bond acceptors (Lipinski definition) is 3. The minimum absolute atomic E-state index is 0.167. The Morgan fingerprint density at radius 3 is 2.74 bits per heavy atom. The average molecular weight is 274 g/mol. The maximum atomic E-state index is 13.2. The van der Waals surface area contributed by atoms with Crippen molar-refractivity contribution in [3.8, 4) is 0 Å². The van der Waals surface area contributed by atoms with Crippen LogP contribution in [0.4, 0.5) is 8.78 Å². The van der Waals surface area contributed by atoms with Gasteiger partial charge in [0.05, 0.1) is 0 Å². The third-order valence-electron chi connectivity index (χ3n) is 3.83. The number of ether oxygens (including phenoxy) is 1. The number of aromatic amines is 1. The molecule has 1 aliphatic rings. The number of hydrogen-bond donors (Lipinski definition) is 1. The quantitative estimate of drug-likeness (QED) is 0.908. The Morgan fingerprint density at radius 1 is 1.58 bits per heavy atom. The number of nitrogens with one attached hydrogen (secondary N) is 1. The lowest BCUT2D eigenvalue weighted by Gasteiger charge is -2.31. The predicted molar refractivity (Wildman–Crippen MR) is 64.3 cm³/mol. The van der Waals surface area contributed by atoms with E-state index in [0.717, 1.165) is 4.57 Å². The summed E-state index contributed by atoms with van der Waals surface area (Å²) in [6, 6.07) is 1.17. The van der Waals surface area contributed by atoms with Crippen LogP contribution >= 0.6 is 0 Å². The lowest BCUT2D eigenvalue weighted by atomic mass is 9.87. The molecule has 0 saturated carbocycles. The fourth-order valence-corrected chi connectivity index (χ4v) is 2.60. The van der Waals surface area contributed by atoms with Crippen LogP contribution in [0.2, 0.25) is 0 Å². The minimum atomic E-state index is -2.61. The van der Waals surface area contributed by atoms with Gasteiger partial charge in [-0.2, -0.15) is 0 Å². The first kappa shape index (κ1) is 13.9. The number of aromatic nitrogens is 2. The van der Waals surface area contributed by atoms with Crippen LogP contribution in [-0.4, -0.2) is 21.6 Å². The minimum Gasteiger partial charge on any atom is -0.345 e. The van der Waals surface area contributed by atoms with E-state index in [1.54, 1.807) is 13.8 Å². The van der Waals surface area contributed by atoms with Crippen molar-refractivity contribution < 1.29 is 13.5 Å². The highest BCUT2D eigenvalue weighted by molar-refractivity contribution is 4.96. The van der Waals surface area contributed by atoms with E-state index in [0.29, 0.717) is 6.42 Å². The molecule has 1 N–H and O–H groups in total. The van der Waals surface area contributed by atoms with Crippen molar-refractivity contribution >= 4 is 0 Å². The third-order valence-corrected chi connectivity index (χ3v) is 3.83. The molecule has 1 aromatic rings. The van der Waals surface area contributed by atoms with Gasteiger partial charge in [-0.3, -0.25) is 14.3 Å². The highest BCUT2D eigenvalue weighted by Crippen LogP contribution is 2.46. The molecule has 1 aromatic heterocycles. The fraction of sp³-hybridized carbons (Fsp3) is 0.667. The first-order valence-electron chi connectivity index (χ1n) is 6.18. The van der Waals surface area contributed by atoms with Crippen molar-refractivity contribution in [2.75, 3.05) is 0 Å². The van der Waals surface area contributed by atoms with Gasteiger partial charge in [-0.15, -0.1) is 0 Å². The van der Waals surface area contributed by atoms with E-state index >= 15 is 0 Å². The Morgan fingerprint density at radius 2 is 2.26 bits per heavy atom. The Balaban J connectivity index is 2.35. The van der Waals surface area contributed by atoms with E-state index < -0.39 is 29.5 Å². The van der Waals surface area contributed by atoms with Gasteiger partial charge < -0.3 is 4.74 Å². The first-order valence-corrected chi connectivity index (χ1v) is 6.18. The first-order chi connectivity index (χ1) is 8.90. The van der Waals surface area contributed by atoms with Gasteiger partial charge in [-0.25, -0.2) is 13.6 Å². The van der Waals surface area contributed by atoms with Gasteiger partial charge in [0.25, 0.3) is 12.0 Å². The van der Waals surface area contributed by atoms with Crippen molar-refractivity contribution in [1.82, 2.24) is 9.55 Å². The molecule has 0 bridgehead atoms. The van der Waals surface area contributed by atoms with Crippen LogP contribution in [0.1, 0.15) is 32.9 Å². The molecule has 1 saturated heterocycles. The van der Waals surface area contributed by atoms with E-state index in [1.165, 1.54) is 12.3 Å². The van der Waals surface area contributed by atoms with Crippen molar-refractivity contribution in [1.29, 1.82) is 0 Å². The molecule has 2 rings (SSSR count). The van der Waals surface area contributed by atoms with E-state index in [-0.39, 0.29) is 12.3 Å². The Labute approximate surface area is 108 Å². The molecule has 7 heteroatoms. The van der Waals surface area contributed by atoms with Crippen LogP contribution in [0.5, 0.6) is 0 Å². The van der Waals surface area contributed by atoms with E-state index in [2.05, 4.69) is 4.98 Å². The Kier molecular flexibility index (Phi) is 3.58. The Hall–Kier alpha value is -1.50. The molecular formula is C12H16F2N2O3. The largest absolute Gasteiger partial charge is 0.345 e. The molecule has 0 unspecified atom stereocenters. The summed E-state index contributed by atoms with van der Waals surface area (Å²) in [7, 11) is 0. The maximum absolute atomic E-state index is 13.2. The fourth-order valence-electron chi connectivity index (χ4n) is 2.60. The van der Waals surface area contributed by atoms with Gasteiger partial charge in [0.2, 0.25) is 0 Å². The van der Waals surface area contributed by atoms with Gasteiger partial charge in [-0.1, -0.05) is 13.8 Å². The molecule has 19 heavy (non-hydrogen) atoms. The summed E-state index contributed by atoms with van der Waals surface area (Å²) >= 11 is 0. The van der Waals surface area contributed by atoms with Gasteiger partial charge in [0.1, 0.15) is 11.8 Å². The number of alkyl halides is 2. The molecule has 0 aliphatic carbocycles. The number of H-pyrrole nitrogens is 1. The number of halogens is 2. The summed E-state index contributed by atoms with van der Waals surface area (Å²) in [4.78, 5) is 24.7. The normalized spacial score (nSPS) is 31.0. The molecule has 0 spiro atoms. The van der Waals surface area contributed by atoms with Gasteiger partial charge >= 0.3 is 5.69 Å². The third kappa shape index (κ3) is 2.22. The van der Waals surface area contributed by atoms with Crippen LogP contribution in [-0.2, 0) is 4.74 Å². The summed E-state index contributed by atoms with van der Waals surface area (Å²) in [6.07, 6.45) is -1.63. The second-order valence-corrected chi connectivity index (χ2v) is 4.84. The monoisotopic (exact) mass is 274 g/mol. The molecule has 3 atom stereocenters. The Bertz CT molecular complexity index is 569. The van der Waals surface area contributed by atoms with E-state index in [1.807, 2.05) is 0 Å². The molecule has 5 nitrogen and oxygen atoms in total. The summed E-state index contributed by atoms with van der Waals surface area (Å²) in [5, 5.41) is 0. The van der Waals surface area contributed by atoms with Crippen molar-refractivity contribution in [2.45, 2.75) is 44.9 Å². The molecule has 1 aliphatic heterocycles. The predicted octanol–water partition coefficient (Wildman–Crippen LogP) is 1.51. The zero-order chi connectivity index (χ0) is 14.2. The maximum Gasteiger partial charge on any atom is 0.330 e. The molecule has 0 radical (unpaired) electrons. The summed E-state index contributed by atoms with van der Waals surface area (Å²) in [5.74, 6) is -0.374. The van der Waals surface area contributed by atoms with E-state index in [9.17, 15) is 18.4 Å². The lowest BCUT2D eigenvalue weighted by Crippen LogP contribution is -2.42. The van der Waals surface area contributed by atoms with E-state index in [4.69, 9.17) is 4.74 Å². The zero-order valence-corrected chi connectivity index (χ0v) is 10.7. The molecular weight excluding hydrogens is 258 g/mol. The van der Waals surface area contributed by atoms with Crippen LogP contribution in [0.25, 0.3) is 0 Å². The number of nitrogens with zero attached hydrogens (tertiary/aromatic N) is 1. The van der Waals surface area contributed by atoms with Crippen LogP contribution in [0.15, 0.2) is 21.9 Å². The van der Waals surface area contributed by atoms with Gasteiger partial charge in [0.15, 0.2) is 0 Å². The number of rotatable bonds is 3. The molecule has 2 heterocycles. The molecule has 106 valence electrons. The van der Waals surface area contributed by atoms with Crippen LogP contribution in [0.3, 0.4) is 0 Å². The second-order valence-electron chi connectivity index (χ2n) is 4.84. The highest BCUT2D eigenvalue weighted by atomic mass is 19.3. The average Bonchev–Trinajstić information content (AvgIpc) is 2.67. The summed E-state index contributed by atoms with van der Waals surface area (Å²) in [5.41, 5.74) is -2.70. The molecule has 0 amide bonds. The van der Waals surface area contributed by atoms with Crippen molar-refractivity contribution in [2.24, 2.45) is 5.92 Å². The topological polar surface area (TPSA) is 64.1 Å². The summed E-state index contributed by atoms with van der Waals surface area (Å²) in [6.45, 7) is 3.33. The van der Waals surface area contributed by atoms with Crippen LogP contribution < -0.4 is 11.2 Å². The van der Waals surface area contributed by atoms with Gasteiger partial charge in [0, 0.05) is 12.3 Å². The second kappa shape index (κ2) is 4.88. The SMILES string of the molecule is CC[C@@]1(C(F)F)O[C@@H](n2ccc(=O)[nH]c2=O)C[C@@H]1C. The zero-order valence-electron chi connectivity index (χ0n) is 10.7. The smallest absolute Gasteiger partial charge is 0.330 e. The lowest BCUT2D eigenvalue weighted by molar-refractivity contribution is -0.164.